The number of ether oxygens (including phenoxy) is 1. The molecule has 1 aliphatic carbocycles. The molecular formula is C13H20BNO3. The highest BCUT2D eigenvalue weighted by atomic mass is 16.5. The standard InChI is InChI=1S/C13H20BNO3/c1-3-15(11-5-6-11)9-10-4-7-13(18-2)12(8-10)14(16)17/h4,7-8,11,16-17H,3,5-6,9H2,1-2H3. The molecule has 98 valence electrons. The Kier molecular flexibility index (Phi) is 4.27. The Bertz CT molecular complexity index is 407. The molecule has 4 nitrogen and oxygen atoms in total. The van der Waals surface area contributed by atoms with Crippen molar-refractivity contribution in [2.75, 3.05) is 13.7 Å². The molecule has 5 heteroatoms. The fourth-order valence-corrected chi connectivity index (χ4v) is 2.26. The van der Waals surface area contributed by atoms with E-state index < -0.39 is 7.12 Å². The second-order valence-corrected chi connectivity index (χ2v) is 4.74. The molecule has 1 aromatic carbocycles. The molecule has 0 radical (unpaired) electrons. The lowest BCUT2D eigenvalue weighted by Gasteiger charge is -2.20. The minimum atomic E-state index is -1.49. The zero-order chi connectivity index (χ0) is 13.1. The minimum absolute atomic E-state index is 0.432. The maximum atomic E-state index is 9.33. The van der Waals surface area contributed by atoms with Gasteiger partial charge in [-0.2, -0.15) is 0 Å². The van der Waals surface area contributed by atoms with Gasteiger partial charge in [0, 0.05) is 18.0 Å². The number of rotatable bonds is 6. The lowest BCUT2D eigenvalue weighted by molar-refractivity contribution is 0.269. The van der Waals surface area contributed by atoms with Gasteiger partial charge in [0.05, 0.1) is 7.11 Å². The van der Waals surface area contributed by atoms with Crippen molar-refractivity contribution in [3.8, 4) is 5.75 Å². The molecule has 0 saturated heterocycles. The molecule has 18 heavy (non-hydrogen) atoms. The van der Waals surface area contributed by atoms with E-state index in [1.807, 2.05) is 12.1 Å². The summed E-state index contributed by atoms with van der Waals surface area (Å²) in [7, 11) is 0.0413. The van der Waals surface area contributed by atoms with Gasteiger partial charge in [-0.3, -0.25) is 4.90 Å². The summed E-state index contributed by atoms with van der Waals surface area (Å²) in [6.45, 7) is 4.03. The minimum Gasteiger partial charge on any atom is -0.497 e. The summed E-state index contributed by atoms with van der Waals surface area (Å²) in [4.78, 5) is 2.41. The molecular weight excluding hydrogens is 229 g/mol. The van der Waals surface area contributed by atoms with Crippen LogP contribution >= 0.6 is 0 Å². The number of hydrogen-bond acceptors (Lipinski definition) is 4. The number of benzene rings is 1. The predicted molar refractivity (Wildman–Crippen MR) is 71.9 cm³/mol. The fraction of sp³-hybridized carbons (Fsp3) is 0.538. The summed E-state index contributed by atoms with van der Waals surface area (Å²) in [6, 6.07) is 6.30. The van der Waals surface area contributed by atoms with E-state index in [-0.39, 0.29) is 0 Å². The summed E-state index contributed by atoms with van der Waals surface area (Å²) < 4.78 is 5.12. The molecule has 1 aromatic rings. The van der Waals surface area contributed by atoms with Gasteiger partial charge in [0.2, 0.25) is 0 Å². The molecule has 0 spiro atoms. The normalized spacial score (nSPS) is 14.9. The van der Waals surface area contributed by atoms with Crippen LogP contribution in [0.1, 0.15) is 25.3 Å². The Labute approximate surface area is 108 Å². The average Bonchev–Trinajstić information content (AvgIpc) is 3.19. The first-order chi connectivity index (χ1) is 8.65. The molecule has 0 amide bonds. The zero-order valence-corrected chi connectivity index (χ0v) is 11.0. The number of hydrogen-bond donors (Lipinski definition) is 2. The first-order valence-electron chi connectivity index (χ1n) is 6.42. The summed E-state index contributed by atoms with van der Waals surface area (Å²) in [5.41, 5.74) is 1.52. The second-order valence-electron chi connectivity index (χ2n) is 4.74. The molecule has 0 bridgehead atoms. The maximum Gasteiger partial charge on any atom is 0.492 e. The zero-order valence-electron chi connectivity index (χ0n) is 11.0. The molecule has 1 saturated carbocycles. The van der Waals surface area contributed by atoms with Crippen molar-refractivity contribution in [2.45, 2.75) is 32.4 Å². The lowest BCUT2D eigenvalue weighted by atomic mass is 9.78. The van der Waals surface area contributed by atoms with Crippen molar-refractivity contribution >= 4 is 12.6 Å². The van der Waals surface area contributed by atoms with Crippen LogP contribution in [0.25, 0.3) is 0 Å². The van der Waals surface area contributed by atoms with Gasteiger partial charge in [0.15, 0.2) is 0 Å². The van der Waals surface area contributed by atoms with E-state index in [4.69, 9.17) is 4.74 Å². The lowest BCUT2D eigenvalue weighted by Crippen LogP contribution is -2.32. The third-order valence-electron chi connectivity index (χ3n) is 3.43. The molecule has 0 heterocycles. The fourth-order valence-electron chi connectivity index (χ4n) is 2.26. The van der Waals surface area contributed by atoms with Crippen LogP contribution in [0.4, 0.5) is 0 Å². The van der Waals surface area contributed by atoms with Crippen molar-refractivity contribution in [1.29, 1.82) is 0 Å². The van der Waals surface area contributed by atoms with E-state index in [0.717, 1.165) is 18.7 Å². The molecule has 2 rings (SSSR count). The topological polar surface area (TPSA) is 52.9 Å². The van der Waals surface area contributed by atoms with Crippen LogP contribution in [0.5, 0.6) is 5.75 Å². The third-order valence-corrected chi connectivity index (χ3v) is 3.43. The van der Waals surface area contributed by atoms with Gasteiger partial charge < -0.3 is 14.8 Å². The Morgan fingerprint density at radius 1 is 1.39 bits per heavy atom. The maximum absolute atomic E-state index is 9.33. The molecule has 2 N–H and O–H groups in total. The highest BCUT2D eigenvalue weighted by Gasteiger charge is 2.28. The summed E-state index contributed by atoms with van der Waals surface area (Å²) in [5.74, 6) is 0.517. The van der Waals surface area contributed by atoms with Crippen molar-refractivity contribution < 1.29 is 14.8 Å². The monoisotopic (exact) mass is 249 g/mol. The summed E-state index contributed by atoms with van der Waals surface area (Å²) in [6.07, 6.45) is 2.55. The molecule has 0 unspecified atom stereocenters. The van der Waals surface area contributed by atoms with Crippen LogP contribution in [0.15, 0.2) is 18.2 Å². The van der Waals surface area contributed by atoms with Gasteiger partial charge in [0.1, 0.15) is 5.75 Å². The smallest absolute Gasteiger partial charge is 0.492 e. The Hall–Kier alpha value is -1.04. The van der Waals surface area contributed by atoms with Gasteiger partial charge in [-0.25, -0.2) is 0 Å². The van der Waals surface area contributed by atoms with Crippen molar-refractivity contribution in [2.24, 2.45) is 0 Å². The van der Waals surface area contributed by atoms with E-state index in [9.17, 15) is 10.0 Å². The average molecular weight is 249 g/mol. The van der Waals surface area contributed by atoms with Crippen molar-refractivity contribution in [3.05, 3.63) is 23.8 Å². The van der Waals surface area contributed by atoms with Crippen LogP contribution in [0, 0.1) is 0 Å². The van der Waals surface area contributed by atoms with Crippen LogP contribution < -0.4 is 10.2 Å². The van der Waals surface area contributed by atoms with Gasteiger partial charge in [-0.15, -0.1) is 0 Å². The summed E-state index contributed by atoms with van der Waals surface area (Å²) in [5, 5.41) is 18.7. The van der Waals surface area contributed by atoms with E-state index in [2.05, 4.69) is 11.8 Å². The van der Waals surface area contributed by atoms with Crippen LogP contribution in [-0.2, 0) is 6.54 Å². The number of nitrogens with zero attached hydrogens (tertiary/aromatic N) is 1. The van der Waals surface area contributed by atoms with Gasteiger partial charge >= 0.3 is 7.12 Å². The van der Waals surface area contributed by atoms with E-state index in [1.54, 1.807) is 6.07 Å². The van der Waals surface area contributed by atoms with Gasteiger partial charge in [-0.05, 0) is 31.0 Å². The van der Waals surface area contributed by atoms with Crippen LogP contribution in [-0.4, -0.2) is 41.8 Å². The van der Waals surface area contributed by atoms with E-state index in [0.29, 0.717) is 17.3 Å². The highest BCUT2D eigenvalue weighted by molar-refractivity contribution is 6.59. The molecule has 1 fully saturated rings. The van der Waals surface area contributed by atoms with Crippen molar-refractivity contribution in [3.63, 3.8) is 0 Å². The first-order valence-corrected chi connectivity index (χ1v) is 6.42. The Morgan fingerprint density at radius 3 is 2.61 bits per heavy atom. The van der Waals surface area contributed by atoms with Gasteiger partial charge in [-0.1, -0.05) is 19.1 Å². The largest absolute Gasteiger partial charge is 0.497 e. The SMILES string of the molecule is CCN(Cc1ccc(OC)c(B(O)O)c1)C1CC1. The number of methoxy groups -OCH3 is 1. The Balaban J connectivity index is 2.15. The van der Waals surface area contributed by atoms with Crippen molar-refractivity contribution in [1.82, 2.24) is 4.90 Å². The predicted octanol–water partition coefficient (Wildman–Crippen LogP) is 0.359. The first kappa shape index (κ1) is 13.4. The van der Waals surface area contributed by atoms with E-state index in [1.165, 1.54) is 20.0 Å². The molecule has 0 aliphatic heterocycles. The quantitative estimate of drug-likeness (QED) is 0.715. The Morgan fingerprint density at radius 2 is 2.11 bits per heavy atom. The summed E-state index contributed by atoms with van der Waals surface area (Å²) >= 11 is 0. The van der Waals surface area contributed by atoms with E-state index >= 15 is 0 Å². The molecule has 0 atom stereocenters. The van der Waals surface area contributed by atoms with Crippen LogP contribution in [0.3, 0.4) is 0 Å². The second kappa shape index (κ2) is 5.74. The molecule has 0 aromatic heterocycles. The van der Waals surface area contributed by atoms with Gasteiger partial charge in [0.25, 0.3) is 0 Å². The molecule has 1 aliphatic rings. The van der Waals surface area contributed by atoms with Crippen LogP contribution in [0.2, 0.25) is 0 Å². The highest BCUT2D eigenvalue weighted by Crippen LogP contribution is 2.28. The third kappa shape index (κ3) is 3.04.